The molecule has 2 aromatic rings. The molecular weight excluding hydrogens is 352 g/mol. The number of carbonyl (C=O) groups excluding carboxylic acids is 1. The summed E-state index contributed by atoms with van der Waals surface area (Å²) >= 11 is 3.54. The van der Waals surface area contributed by atoms with Gasteiger partial charge in [-0.1, -0.05) is 34.1 Å². The van der Waals surface area contributed by atoms with Gasteiger partial charge < -0.3 is 9.80 Å². The summed E-state index contributed by atoms with van der Waals surface area (Å²) in [5.41, 5.74) is 4.33. The molecule has 0 unspecified atom stereocenters. The minimum absolute atomic E-state index is 0.148. The Morgan fingerprint density at radius 2 is 1.65 bits per heavy atom. The number of hydrogen-bond acceptors (Lipinski definition) is 2. The highest BCUT2D eigenvalue weighted by atomic mass is 79.9. The van der Waals surface area contributed by atoms with Crippen molar-refractivity contribution >= 4 is 27.5 Å². The fourth-order valence-corrected chi connectivity index (χ4v) is 3.22. The predicted molar refractivity (Wildman–Crippen MR) is 98.2 cm³/mol. The van der Waals surface area contributed by atoms with Crippen LogP contribution in [-0.4, -0.2) is 37.0 Å². The number of nitrogens with zero attached hydrogens (tertiary/aromatic N) is 2. The zero-order valence-corrected chi connectivity index (χ0v) is 15.1. The highest BCUT2D eigenvalue weighted by Crippen LogP contribution is 2.24. The topological polar surface area (TPSA) is 23.6 Å². The molecule has 2 aromatic carbocycles. The van der Waals surface area contributed by atoms with Crippen molar-refractivity contribution in [1.82, 2.24) is 4.90 Å². The third kappa shape index (κ3) is 3.42. The lowest BCUT2D eigenvalue weighted by Gasteiger charge is -2.36. The summed E-state index contributed by atoms with van der Waals surface area (Å²) in [4.78, 5) is 17.0. The van der Waals surface area contributed by atoms with Crippen LogP contribution in [0.15, 0.2) is 46.9 Å². The Labute approximate surface area is 146 Å². The maximum Gasteiger partial charge on any atom is 0.254 e. The van der Waals surface area contributed by atoms with Crippen LogP contribution in [0, 0.1) is 13.8 Å². The summed E-state index contributed by atoms with van der Waals surface area (Å²) in [5.74, 6) is 0.148. The van der Waals surface area contributed by atoms with E-state index in [-0.39, 0.29) is 5.91 Å². The smallest absolute Gasteiger partial charge is 0.254 e. The molecule has 0 spiro atoms. The van der Waals surface area contributed by atoms with E-state index < -0.39 is 0 Å². The van der Waals surface area contributed by atoms with E-state index in [1.165, 1.54) is 11.3 Å². The second-order valence-electron chi connectivity index (χ2n) is 6.03. The molecule has 120 valence electrons. The van der Waals surface area contributed by atoms with Crippen molar-refractivity contribution in [3.8, 4) is 0 Å². The van der Waals surface area contributed by atoms with Crippen LogP contribution in [-0.2, 0) is 0 Å². The van der Waals surface area contributed by atoms with Crippen molar-refractivity contribution in [2.75, 3.05) is 31.1 Å². The normalized spacial score (nSPS) is 14.9. The molecule has 0 bridgehead atoms. The van der Waals surface area contributed by atoms with Gasteiger partial charge in [-0.25, -0.2) is 0 Å². The average Bonchev–Trinajstić information content (AvgIpc) is 2.57. The van der Waals surface area contributed by atoms with Crippen molar-refractivity contribution in [2.45, 2.75) is 13.8 Å². The van der Waals surface area contributed by atoms with Gasteiger partial charge in [0.2, 0.25) is 0 Å². The molecule has 3 nitrogen and oxygen atoms in total. The molecule has 0 saturated carbocycles. The maximum atomic E-state index is 12.7. The van der Waals surface area contributed by atoms with Gasteiger partial charge in [0.1, 0.15) is 0 Å². The minimum atomic E-state index is 0.148. The molecule has 23 heavy (non-hydrogen) atoms. The highest BCUT2D eigenvalue weighted by molar-refractivity contribution is 9.10. The van der Waals surface area contributed by atoms with Crippen molar-refractivity contribution in [3.05, 3.63) is 63.6 Å². The number of carbonyl (C=O) groups is 1. The molecule has 0 N–H and O–H groups in total. The molecule has 1 aliphatic heterocycles. The van der Waals surface area contributed by atoms with Crippen LogP contribution >= 0.6 is 15.9 Å². The lowest BCUT2D eigenvalue weighted by Crippen LogP contribution is -2.49. The van der Waals surface area contributed by atoms with E-state index in [0.29, 0.717) is 0 Å². The highest BCUT2D eigenvalue weighted by Gasteiger charge is 2.23. The van der Waals surface area contributed by atoms with Crippen LogP contribution in [0.2, 0.25) is 0 Å². The van der Waals surface area contributed by atoms with E-state index in [1.54, 1.807) is 0 Å². The van der Waals surface area contributed by atoms with Gasteiger partial charge >= 0.3 is 0 Å². The molecule has 0 radical (unpaired) electrons. The number of piperazine rings is 1. The quantitative estimate of drug-likeness (QED) is 0.794. The number of benzene rings is 2. The fourth-order valence-electron chi connectivity index (χ4n) is 2.98. The Balaban J connectivity index is 1.67. The van der Waals surface area contributed by atoms with Gasteiger partial charge in [-0.05, 0) is 49.2 Å². The molecule has 1 amide bonds. The lowest BCUT2D eigenvalue weighted by molar-refractivity contribution is 0.0746. The molecule has 3 rings (SSSR count). The summed E-state index contributed by atoms with van der Waals surface area (Å²) in [6.07, 6.45) is 0. The first-order valence-electron chi connectivity index (χ1n) is 7.92. The maximum absolute atomic E-state index is 12.7. The van der Waals surface area contributed by atoms with Crippen molar-refractivity contribution < 1.29 is 4.79 Å². The van der Waals surface area contributed by atoms with Crippen molar-refractivity contribution in [2.24, 2.45) is 0 Å². The summed E-state index contributed by atoms with van der Waals surface area (Å²) in [7, 11) is 0. The predicted octanol–water partition coefficient (Wildman–Crippen LogP) is 4.03. The number of hydrogen-bond donors (Lipinski definition) is 0. The molecule has 4 heteroatoms. The van der Waals surface area contributed by atoms with E-state index >= 15 is 0 Å². The van der Waals surface area contributed by atoms with Gasteiger partial charge in [-0.3, -0.25) is 4.79 Å². The Morgan fingerprint density at radius 3 is 2.30 bits per heavy atom. The number of aryl methyl sites for hydroxylation is 2. The van der Waals surface area contributed by atoms with Crippen LogP contribution in [0.3, 0.4) is 0 Å². The average molecular weight is 373 g/mol. The van der Waals surface area contributed by atoms with Gasteiger partial charge in [-0.2, -0.15) is 0 Å². The number of anilines is 1. The molecule has 1 saturated heterocycles. The SMILES string of the molecule is Cc1cc(N2CCN(C(=O)c3ccccc3C)CC2)ccc1Br. The van der Waals surface area contributed by atoms with E-state index in [2.05, 4.69) is 46.0 Å². The third-order valence-corrected chi connectivity index (χ3v) is 5.34. The Hall–Kier alpha value is -1.81. The van der Waals surface area contributed by atoms with Crippen LogP contribution < -0.4 is 4.90 Å². The Bertz CT molecular complexity index is 721. The number of amides is 1. The van der Waals surface area contributed by atoms with E-state index in [0.717, 1.165) is 41.8 Å². The zero-order chi connectivity index (χ0) is 16.4. The summed E-state index contributed by atoms with van der Waals surface area (Å²) < 4.78 is 1.13. The minimum Gasteiger partial charge on any atom is -0.368 e. The van der Waals surface area contributed by atoms with E-state index in [4.69, 9.17) is 0 Å². The number of halogens is 1. The monoisotopic (exact) mass is 372 g/mol. The number of rotatable bonds is 2. The molecule has 0 aliphatic carbocycles. The summed E-state index contributed by atoms with van der Waals surface area (Å²) in [6, 6.07) is 14.2. The molecule has 1 heterocycles. The van der Waals surface area contributed by atoms with E-state index in [1.807, 2.05) is 36.1 Å². The first-order chi connectivity index (χ1) is 11.1. The Kier molecular flexibility index (Phi) is 4.71. The van der Waals surface area contributed by atoms with Crippen LogP contribution in [0.1, 0.15) is 21.5 Å². The zero-order valence-electron chi connectivity index (χ0n) is 13.6. The van der Waals surface area contributed by atoms with Crippen LogP contribution in [0.5, 0.6) is 0 Å². The fraction of sp³-hybridized carbons (Fsp3) is 0.316. The molecule has 1 aliphatic rings. The molecule has 0 atom stereocenters. The molecule has 1 fully saturated rings. The van der Waals surface area contributed by atoms with Crippen LogP contribution in [0.25, 0.3) is 0 Å². The van der Waals surface area contributed by atoms with Crippen LogP contribution in [0.4, 0.5) is 5.69 Å². The molecule has 0 aromatic heterocycles. The Morgan fingerprint density at radius 1 is 0.957 bits per heavy atom. The van der Waals surface area contributed by atoms with Gasteiger partial charge in [0.15, 0.2) is 0 Å². The lowest BCUT2D eigenvalue weighted by atomic mass is 10.1. The van der Waals surface area contributed by atoms with Gasteiger partial charge in [-0.15, -0.1) is 0 Å². The second-order valence-corrected chi connectivity index (χ2v) is 6.88. The van der Waals surface area contributed by atoms with Gasteiger partial charge in [0.05, 0.1) is 0 Å². The standard InChI is InChI=1S/C19H21BrN2O/c1-14-5-3-4-6-17(14)19(23)22-11-9-21(10-12-22)16-7-8-18(20)15(2)13-16/h3-8,13H,9-12H2,1-2H3. The molecular formula is C19H21BrN2O. The summed E-state index contributed by atoms with van der Waals surface area (Å²) in [6.45, 7) is 7.38. The van der Waals surface area contributed by atoms with E-state index in [9.17, 15) is 4.79 Å². The first-order valence-corrected chi connectivity index (χ1v) is 8.71. The largest absolute Gasteiger partial charge is 0.368 e. The summed E-state index contributed by atoms with van der Waals surface area (Å²) in [5, 5.41) is 0. The van der Waals surface area contributed by atoms with Gasteiger partial charge in [0, 0.05) is 41.9 Å². The van der Waals surface area contributed by atoms with Gasteiger partial charge in [0.25, 0.3) is 5.91 Å². The first kappa shape index (κ1) is 16.1. The van der Waals surface area contributed by atoms with Crippen molar-refractivity contribution in [1.29, 1.82) is 0 Å². The van der Waals surface area contributed by atoms with Crippen molar-refractivity contribution in [3.63, 3.8) is 0 Å². The second kappa shape index (κ2) is 6.75. The third-order valence-electron chi connectivity index (χ3n) is 4.45.